The maximum Gasteiger partial charge on any atom is 0.417 e. The fourth-order valence-corrected chi connectivity index (χ4v) is 3.31. The van der Waals surface area contributed by atoms with Crippen molar-refractivity contribution in [2.75, 3.05) is 22.1 Å². The highest BCUT2D eigenvalue weighted by Gasteiger charge is 2.33. The molecule has 3 rings (SSSR count). The van der Waals surface area contributed by atoms with Gasteiger partial charge >= 0.3 is 6.18 Å². The Labute approximate surface area is 164 Å². The van der Waals surface area contributed by atoms with Crippen molar-refractivity contribution in [1.29, 1.82) is 0 Å². The Morgan fingerprint density at radius 1 is 1.29 bits per heavy atom. The number of anilines is 3. The van der Waals surface area contributed by atoms with Crippen molar-refractivity contribution in [1.82, 2.24) is 0 Å². The Balaban J connectivity index is 1.81. The number of rotatable bonds is 3. The van der Waals surface area contributed by atoms with Crippen molar-refractivity contribution in [3.8, 4) is 0 Å². The molecule has 2 aromatic rings. The molecule has 1 aliphatic heterocycles. The molecule has 0 aromatic heterocycles. The molecule has 0 aliphatic carbocycles. The molecule has 1 heterocycles. The van der Waals surface area contributed by atoms with Crippen LogP contribution in [-0.2, 0) is 15.8 Å². The van der Waals surface area contributed by atoms with Crippen LogP contribution >= 0.6 is 11.6 Å². The molecular formula is C19H17ClF3N3O2. The Bertz CT molecular complexity index is 918. The molecule has 0 fully saturated rings. The Hall–Kier alpha value is -2.74. The van der Waals surface area contributed by atoms with Gasteiger partial charge in [-0.15, -0.1) is 0 Å². The fraction of sp³-hybridized carbons (Fsp3) is 0.263. The maximum atomic E-state index is 13.0. The first-order chi connectivity index (χ1) is 13.2. The number of amides is 2. The first kappa shape index (κ1) is 20.0. The van der Waals surface area contributed by atoms with E-state index in [9.17, 15) is 22.8 Å². The summed E-state index contributed by atoms with van der Waals surface area (Å²) in [5.74, 6) is -0.587. The lowest BCUT2D eigenvalue weighted by Crippen LogP contribution is -2.42. The molecule has 1 atom stereocenters. The molecule has 0 spiro atoms. The van der Waals surface area contributed by atoms with Crippen LogP contribution in [0.25, 0.3) is 0 Å². The average molecular weight is 412 g/mol. The molecule has 0 bridgehead atoms. The van der Waals surface area contributed by atoms with Crippen molar-refractivity contribution >= 4 is 40.5 Å². The molecule has 0 unspecified atom stereocenters. The molecule has 2 N–H and O–H groups in total. The normalized spacial score (nSPS) is 16.8. The minimum Gasteiger partial charge on any atom is -0.376 e. The quantitative estimate of drug-likeness (QED) is 0.779. The van der Waals surface area contributed by atoms with E-state index in [2.05, 4.69) is 10.6 Å². The lowest BCUT2D eigenvalue weighted by atomic mass is 10.1. The zero-order valence-electron chi connectivity index (χ0n) is 14.8. The summed E-state index contributed by atoms with van der Waals surface area (Å²) in [4.78, 5) is 26.3. The van der Waals surface area contributed by atoms with Gasteiger partial charge in [-0.05, 0) is 37.3 Å². The van der Waals surface area contributed by atoms with Gasteiger partial charge in [0.05, 0.1) is 28.5 Å². The zero-order chi connectivity index (χ0) is 20.5. The number of benzene rings is 2. The minimum absolute atomic E-state index is 0.111. The van der Waals surface area contributed by atoms with Crippen molar-refractivity contribution < 1.29 is 22.8 Å². The second-order valence-electron chi connectivity index (χ2n) is 6.43. The molecule has 2 aromatic carbocycles. The number of halogens is 4. The molecule has 2 amide bonds. The number of fused-ring (bicyclic) bond motifs is 1. The second-order valence-corrected chi connectivity index (χ2v) is 6.84. The molecule has 1 aliphatic rings. The van der Waals surface area contributed by atoms with E-state index < -0.39 is 22.8 Å². The molecule has 9 heteroatoms. The summed E-state index contributed by atoms with van der Waals surface area (Å²) in [6.45, 7) is 1.50. The molecule has 5 nitrogen and oxygen atoms in total. The second kappa shape index (κ2) is 7.71. The van der Waals surface area contributed by atoms with Crippen LogP contribution in [0.5, 0.6) is 0 Å². The Morgan fingerprint density at radius 3 is 2.71 bits per heavy atom. The highest BCUT2D eigenvalue weighted by atomic mass is 35.5. The Morgan fingerprint density at radius 2 is 2.00 bits per heavy atom. The van der Waals surface area contributed by atoms with Gasteiger partial charge in [-0.2, -0.15) is 13.2 Å². The molecule has 0 saturated carbocycles. The molecule has 0 radical (unpaired) electrons. The van der Waals surface area contributed by atoms with Crippen LogP contribution in [0.2, 0.25) is 5.02 Å². The monoisotopic (exact) mass is 411 g/mol. The van der Waals surface area contributed by atoms with Crippen molar-refractivity contribution in [2.45, 2.75) is 25.6 Å². The number of para-hydroxylation sites is 2. The summed E-state index contributed by atoms with van der Waals surface area (Å²) in [5, 5.41) is 5.05. The smallest absolute Gasteiger partial charge is 0.376 e. The third-order valence-electron chi connectivity index (χ3n) is 4.34. The van der Waals surface area contributed by atoms with E-state index in [-0.39, 0.29) is 30.5 Å². The summed E-state index contributed by atoms with van der Waals surface area (Å²) in [7, 11) is 0. The van der Waals surface area contributed by atoms with E-state index in [0.29, 0.717) is 11.4 Å². The van der Waals surface area contributed by atoms with Gasteiger partial charge in [-0.25, -0.2) is 0 Å². The third kappa shape index (κ3) is 4.22. The Kier molecular flexibility index (Phi) is 5.51. The maximum absolute atomic E-state index is 13.0. The van der Waals surface area contributed by atoms with E-state index in [0.717, 1.165) is 12.1 Å². The lowest BCUT2D eigenvalue weighted by molar-refractivity contribution is -0.137. The van der Waals surface area contributed by atoms with Crippen LogP contribution in [0.15, 0.2) is 42.5 Å². The number of nitrogens with one attached hydrogen (secondary N) is 2. The van der Waals surface area contributed by atoms with Gasteiger partial charge in [-0.1, -0.05) is 23.7 Å². The number of hydrogen-bond donors (Lipinski definition) is 2. The highest BCUT2D eigenvalue weighted by Crippen LogP contribution is 2.36. The lowest BCUT2D eigenvalue weighted by Gasteiger charge is -2.28. The van der Waals surface area contributed by atoms with E-state index in [4.69, 9.17) is 11.6 Å². The predicted molar refractivity (Wildman–Crippen MR) is 102 cm³/mol. The summed E-state index contributed by atoms with van der Waals surface area (Å²) < 4.78 is 39.0. The van der Waals surface area contributed by atoms with Gasteiger partial charge in [0.2, 0.25) is 11.8 Å². The number of carbonyl (C=O) groups excluding carboxylic acids is 2. The van der Waals surface area contributed by atoms with Gasteiger partial charge in [0, 0.05) is 18.2 Å². The molecular weight excluding hydrogens is 395 g/mol. The number of nitrogens with zero attached hydrogens (tertiary/aromatic N) is 1. The van der Waals surface area contributed by atoms with E-state index in [1.54, 1.807) is 31.2 Å². The van der Waals surface area contributed by atoms with Gasteiger partial charge in [0.15, 0.2) is 0 Å². The van der Waals surface area contributed by atoms with Gasteiger partial charge < -0.3 is 15.5 Å². The van der Waals surface area contributed by atoms with Crippen LogP contribution in [0.4, 0.5) is 30.2 Å². The standard InChI is InChI=1S/C19H17ClF3N3O2/c1-11-8-17(27)25-15-4-2-3-5-16(15)26(11)18(28)10-24-12-6-7-14(20)13(9-12)19(21,22)23/h2-7,9,11,24H,8,10H2,1H3,(H,25,27)/t11-/m1/s1. The van der Waals surface area contributed by atoms with E-state index in [1.165, 1.54) is 11.0 Å². The predicted octanol–water partition coefficient (Wildman–Crippen LogP) is 4.53. The molecule has 0 saturated heterocycles. The van der Waals surface area contributed by atoms with Crippen LogP contribution in [0, 0.1) is 0 Å². The molecule has 28 heavy (non-hydrogen) atoms. The summed E-state index contributed by atoms with van der Waals surface area (Å²) in [5.41, 5.74) is 0.195. The van der Waals surface area contributed by atoms with E-state index >= 15 is 0 Å². The SMILES string of the molecule is C[C@@H]1CC(=O)Nc2ccccc2N1C(=O)CNc1ccc(Cl)c(C(F)(F)F)c1. The van der Waals surface area contributed by atoms with Crippen molar-refractivity contribution in [2.24, 2.45) is 0 Å². The highest BCUT2D eigenvalue weighted by molar-refractivity contribution is 6.31. The number of alkyl halides is 3. The third-order valence-corrected chi connectivity index (χ3v) is 4.67. The fourth-order valence-electron chi connectivity index (χ4n) is 3.08. The topological polar surface area (TPSA) is 61.4 Å². The zero-order valence-corrected chi connectivity index (χ0v) is 15.6. The van der Waals surface area contributed by atoms with Gasteiger partial charge in [0.25, 0.3) is 0 Å². The first-order valence-corrected chi connectivity index (χ1v) is 8.86. The van der Waals surface area contributed by atoms with Crippen LogP contribution in [-0.4, -0.2) is 24.4 Å². The van der Waals surface area contributed by atoms with Gasteiger partial charge in [0.1, 0.15) is 0 Å². The van der Waals surface area contributed by atoms with E-state index in [1.807, 2.05) is 0 Å². The van der Waals surface area contributed by atoms with Crippen LogP contribution in [0.3, 0.4) is 0 Å². The summed E-state index contributed by atoms with van der Waals surface area (Å²) in [6.07, 6.45) is -4.48. The summed E-state index contributed by atoms with van der Waals surface area (Å²) in [6, 6.07) is 9.83. The van der Waals surface area contributed by atoms with Crippen molar-refractivity contribution in [3.63, 3.8) is 0 Å². The van der Waals surface area contributed by atoms with Crippen LogP contribution in [0.1, 0.15) is 18.9 Å². The largest absolute Gasteiger partial charge is 0.417 e. The van der Waals surface area contributed by atoms with Gasteiger partial charge in [-0.3, -0.25) is 9.59 Å². The average Bonchev–Trinajstić information content (AvgIpc) is 2.74. The summed E-state index contributed by atoms with van der Waals surface area (Å²) >= 11 is 5.61. The number of carbonyl (C=O) groups is 2. The molecule has 148 valence electrons. The first-order valence-electron chi connectivity index (χ1n) is 8.48. The minimum atomic E-state index is -4.59. The van der Waals surface area contributed by atoms with Crippen LogP contribution < -0.4 is 15.5 Å². The number of hydrogen-bond acceptors (Lipinski definition) is 3. The van der Waals surface area contributed by atoms with Crippen molar-refractivity contribution in [3.05, 3.63) is 53.1 Å².